The second kappa shape index (κ2) is 6.40. The van der Waals surface area contributed by atoms with Gasteiger partial charge in [-0.1, -0.05) is 0 Å². The predicted molar refractivity (Wildman–Crippen MR) is 78.1 cm³/mol. The first-order valence-electron chi connectivity index (χ1n) is 6.98. The topological polar surface area (TPSA) is 75.6 Å². The molecule has 0 unspecified atom stereocenters. The lowest BCUT2D eigenvalue weighted by atomic mass is 10.3. The number of hydrogen-bond donors (Lipinski definition) is 0. The Hall–Kier alpha value is -2.67. The monoisotopic (exact) mass is 300 g/mol. The molecular formula is C15H16N4O3. The minimum absolute atomic E-state index is 0.341. The molecule has 3 heterocycles. The van der Waals surface area contributed by atoms with E-state index >= 15 is 0 Å². The zero-order chi connectivity index (χ0) is 15.4. The van der Waals surface area contributed by atoms with Crippen LogP contribution in [0.5, 0.6) is 5.88 Å². The number of pyridine rings is 1. The van der Waals surface area contributed by atoms with Gasteiger partial charge in [-0.25, -0.2) is 4.98 Å². The molecule has 7 nitrogen and oxygen atoms in total. The molecule has 0 aliphatic carbocycles. The minimum Gasteiger partial charge on any atom is -0.619 e. The lowest BCUT2D eigenvalue weighted by Gasteiger charge is -2.10. The Morgan fingerprint density at radius 3 is 2.82 bits per heavy atom. The molecule has 0 bridgehead atoms. The predicted octanol–water partition coefficient (Wildman–Crippen LogP) is 1.48. The Bertz CT molecular complexity index is 755. The van der Waals surface area contributed by atoms with E-state index in [0.29, 0.717) is 31.3 Å². The molecule has 0 saturated heterocycles. The van der Waals surface area contributed by atoms with E-state index in [0.717, 1.165) is 16.0 Å². The number of ether oxygens (including phenoxy) is 2. The van der Waals surface area contributed by atoms with Crippen LogP contribution in [0.3, 0.4) is 0 Å². The standard InChI is InChI=1S/C15H16N4O3/c1-2-21-11-13-9-15(19-14(17-13)3-6-16-19)22-10-12-4-7-18(20)8-5-12/h3-9H,2,10-11H2,1H3. The lowest BCUT2D eigenvalue weighted by Crippen LogP contribution is -2.23. The van der Waals surface area contributed by atoms with Gasteiger partial charge in [0.15, 0.2) is 18.0 Å². The van der Waals surface area contributed by atoms with Gasteiger partial charge in [-0.2, -0.15) is 14.3 Å². The summed E-state index contributed by atoms with van der Waals surface area (Å²) in [5.74, 6) is 0.587. The van der Waals surface area contributed by atoms with Crippen LogP contribution < -0.4 is 9.47 Å². The van der Waals surface area contributed by atoms with Gasteiger partial charge in [-0.3, -0.25) is 0 Å². The van der Waals surface area contributed by atoms with Crippen LogP contribution in [0.4, 0.5) is 0 Å². The van der Waals surface area contributed by atoms with Crippen molar-refractivity contribution in [1.82, 2.24) is 14.6 Å². The maximum Gasteiger partial charge on any atom is 0.218 e. The molecule has 0 spiro atoms. The first-order valence-corrected chi connectivity index (χ1v) is 6.98. The van der Waals surface area contributed by atoms with Crippen LogP contribution in [-0.4, -0.2) is 21.2 Å². The summed E-state index contributed by atoms with van der Waals surface area (Å²) in [6, 6.07) is 7.06. The molecule has 114 valence electrons. The van der Waals surface area contributed by atoms with Gasteiger partial charge in [-0.05, 0) is 6.92 Å². The molecule has 22 heavy (non-hydrogen) atoms. The summed E-state index contributed by atoms with van der Waals surface area (Å²) in [6.45, 7) is 3.33. The van der Waals surface area contributed by atoms with Crippen LogP contribution in [0.25, 0.3) is 5.65 Å². The highest BCUT2D eigenvalue weighted by Crippen LogP contribution is 2.16. The van der Waals surface area contributed by atoms with E-state index in [-0.39, 0.29) is 0 Å². The Morgan fingerprint density at radius 2 is 2.05 bits per heavy atom. The molecule has 0 N–H and O–H groups in total. The Labute approximate surface area is 127 Å². The average Bonchev–Trinajstić information content (AvgIpc) is 3.00. The third-order valence-corrected chi connectivity index (χ3v) is 3.09. The van der Waals surface area contributed by atoms with Gasteiger partial charge in [0, 0.05) is 36.4 Å². The first-order chi connectivity index (χ1) is 10.8. The number of nitrogens with zero attached hydrogens (tertiary/aromatic N) is 4. The van der Waals surface area contributed by atoms with Crippen molar-refractivity contribution < 1.29 is 14.2 Å². The molecule has 0 aliphatic rings. The van der Waals surface area contributed by atoms with Crippen molar-refractivity contribution in [2.75, 3.05) is 6.61 Å². The second-order valence-electron chi connectivity index (χ2n) is 4.68. The smallest absolute Gasteiger partial charge is 0.218 e. The quantitative estimate of drug-likeness (QED) is 0.509. The molecule has 0 radical (unpaired) electrons. The molecule has 3 rings (SSSR count). The maximum absolute atomic E-state index is 11.0. The largest absolute Gasteiger partial charge is 0.619 e. The molecule has 0 saturated carbocycles. The highest BCUT2D eigenvalue weighted by Gasteiger charge is 2.08. The number of fused-ring (bicyclic) bond motifs is 1. The molecular weight excluding hydrogens is 284 g/mol. The number of rotatable bonds is 6. The van der Waals surface area contributed by atoms with Gasteiger partial charge in [0.1, 0.15) is 6.61 Å². The summed E-state index contributed by atoms with van der Waals surface area (Å²) < 4.78 is 13.6. The van der Waals surface area contributed by atoms with Gasteiger partial charge in [-0.15, -0.1) is 0 Å². The fraction of sp³-hybridized carbons (Fsp3) is 0.267. The number of aromatic nitrogens is 4. The molecule has 7 heteroatoms. The van der Waals surface area contributed by atoms with Gasteiger partial charge in [0.2, 0.25) is 5.88 Å². The Balaban J connectivity index is 1.81. The van der Waals surface area contributed by atoms with Gasteiger partial charge in [0.05, 0.1) is 18.5 Å². The summed E-state index contributed by atoms with van der Waals surface area (Å²) in [6.07, 6.45) is 4.55. The van der Waals surface area contributed by atoms with Crippen LogP contribution in [0, 0.1) is 5.21 Å². The van der Waals surface area contributed by atoms with Crippen molar-refractivity contribution in [3.05, 3.63) is 59.3 Å². The van der Waals surface area contributed by atoms with Crippen LogP contribution >= 0.6 is 0 Å². The van der Waals surface area contributed by atoms with Crippen LogP contribution in [0.2, 0.25) is 0 Å². The Kier molecular flexibility index (Phi) is 4.15. The van der Waals surface area contributed by atoms with E-state index in [2.05, 4.69) is 10.1 Å². The third-order valence-electron chi connectivity index (χ3n) is 3.09. The van der Waals surface area contributed by atoms with Gasteiger partial charge < -0.3 is 14.7 Å². The fourth-order valence-electron chi connectivity index (χ4n) is 2.01. The van der Waals surface area contributed by atoms with Gasteiger partial charge in [0.25, 0.3) is 0 Å². The van der Waals surface area contributed by atoms with Crippen molar-refractivity contribution in [3.63, 3.8) is 0 Å². The molecule has 0 fully saturated rings. The van der Waals surface area contributed by atoms with E-state index in [4.69, 9.17) is 9.47 Å². The SMILES string of the molecule is CCOCc1cc(OCc2cc[n+]([O-])cc2)n2nccc2n1. The van der Waals surface area contributed by atoms with Crippen LogP contribution in [0.1, 0.15) is 18.2 Å². The fourth-order valence-corrected chi connectivity index (χ4v) is 2.01. The van der Waals surface area contributed by atoms with Gasteiger partial charge >= 0.3 is 0 Å². The van der Waals surface area contributed by atoms with Crippen molar-refractivity contribution in [2.24, 2.45) is 0 Å². The van der Waals surface area contributed by atoms with Crippen LogP contribution in [0.15, 0.2) is 42.9 Å². The van der Waals surface area contributed by atoms with E-state index < -0.39 is 0 Å². The molecule has 0 amide bonds. The highest BCUT2D eigenvalue weighted by molar-refractivity contribution is 5.40. The molecule has 3 aromatic heterocycles. The minimum atomic E-state index is 0.341. The van der Waals surface area contributed by atoms with Crippen molar-refractivity contribution >= 4 is 5.65 Å². The summed E-state index contributed by atoms with van der Waals surface area (Å²) in [7, 11) is 0. The molecule has 0 aromatic carbocycles. The highest BCUT2D eigenvalue weighted by atomic mass is 16.5. The first kappa shape index (κ1) is 14.3. The third kappa shape index (κ3) is 3.15. The van der Waals surface area contributed by atoms with E-state index in [1.165, 1.54) is 12.4 Å². The van der Waals surface area contributed by atoms with Crippen LogP contribution in [-0.2, 0) is 18.0 Å². The molecule has 0 aliphatic heterocycles. The normalized spacial score (nSPS) is 11.0. The van der Waals surface area contributed by atoms with E-state index in [9.17, 15) is 5.21 Å². The molecule has 3 aromatic rings. The maximum atomic E-state index is 11.0. The van der Waals surface area contributed by atoms with Crippen molar-refractivity contribution in [3.8, 4) is 5.88 Å². The zero-order valence-electron chi connectivity index (χ0n) is 12.2. The zero-order valence-corrected chi connectivity index (χ0v) is 12.2. The average molecular weight is 300 g/mol. The summed E-state index contributed by atoms with van der Waals surface area (Å²) in [4.78, 5) is 4.45. The van der Waals surface area contributed by atoms with E-state index in [1.807, 2.05) is 19.1 Å². The van der Waals surface area contributed by atoms with Crippen molar-refractivity contribution in [1.29, 1.82) is 0 Å². The summed E-state index contributed by atoms with van der Waals surface area (Å²) in [5, 5.41) is 15.2. The van der Waals surface area contributed by atoms with E-state index in [1.54, 1.807) is 22.8 Å². The number of hydrogen-bond acceptors (Lipinski definition) is 5. The lowest BCUT2D eigenvalue weighted by molar-refractivity contribution is -0.605. The Morgan fingerprint density at radius 1 is 1.23 bits per heavy atom. The summed E-state index contributed by atoms with van der Waals surface area (Å²) in [5.41, 5.74) is 2.39. The molecule has 0 atom stereocenters. The summed E-state index contributed by atoms with van der Waals surface area (Å²) >= 11 is 0. The second-order valence-corrected chi connectivity index (χ2v) is 4.68. The van der Waals surface area contributed by atoms with Crippen molar-refractivity contribution in [2.45, 2.75) is 20.1 Å².